The van der Waals surface area contributed by atoms with Gasteiger partial charge in [0.15, 0.2) is 11.5 Å². The Bertz CT molecular complexity index is 839. The highest BCUT2D eigenvalue weighted by molar-refractivity contribution is 5.64. The molecular weight excluding hydrogens is 378 g/mol. The summed E-state index contributed by atoms with van der Waals surface area (Å²) in [5, 5.41) is 9.24. The van der Waals surface area contributed by atoms with Crippen LogP contribution in [0.5, 0.6) is 17.4 Å². The molecule has 0 atom stereocenters. The molecule has 2 aromatic rings. The fraction of sp³-hybridized carbons (Fsp3) is 0.450. The van der Waals surface area contributed by atoms with Gasteiger partial charge in [0.2, 0.25) is 5.69 Å². The Labute approximate surface area is 169 Å². The number of fused-ring (bicyclic) bond motifs is 1. The standard InChI is InChI=1S/C20H23N3O6/c1-24-20-16(13-21)23-17(14-22-20)15-2-3-18-19(12-15)29-11-9-27-7-5-25-4-6-26-8-10-28-18/h2-3,12,14H,4-11H2,1H3. The third-order valence-corrected chi connectivity index (χ3v) is 3.99. The Morgan fingerprint density at radius 2 is 1.52 bits per heavy atom. The van der Waals surface area contributed by atoms with Gasteiger partial charge in [0.1, 0.15) is 19.3 Å². The third kappa shape index (κ3) is 6.02. The molecule has 0 amide bonds. The quantitative estimate of drug-likeness (QED) is 0.745. The SMILES string of the molecule is COc1ncc(-c2ccc3c(c2)OCCOCCOCCOCCO3)nc1C#N. The van der Waals surface area contributed by atoms with E-state index in [0.29, 0.717) is 70.0 Å². The van der Waals surface area contributed by atoms with Crippen molar-refractivity contribution in [3.63, 3.8) is 0 Å². The fourth-order valence-electron chi connectivity index (χ4n) is 2.60. The minimum atomic E-state index is 0.117. The number of hydrogen-bond acceptors (Lipinski definition) is 9. The molecular formula is C20H23N3O6. The molecule has 3 rings (SSSR count). The number of nitriles is 1. The van der Waals surface area contributed by atoms with Crippen LogP contribution in [0, 0.1) is 11.3 Å². The van der Waals surface area contributed by atoms with Crippen LogP contribution in [-0.4, -0.2) is 69.9 Å². The number of rotatable bonds is 2. The second-order valence-corrected chi connectivity index (χ2v) is 5.92. The zero-order valence-electron chi connectivity index (χ0n) is 16.3. The minimum Gasteiger partial charge on any atom is -0.487 e. The first-order valence-electron chi connectivity index (χ1n) is 9.26. The van der Waals surface area contributed by atoms with Crippen molar-refractivity contribution in [1.29, 1.82) is 5.26 Å². The molecule has 0 N–H and O–H groups in total. The van der Waals surface area contributed by atoms with Crippen LogP contribution >= 0.6 is 0 Å². The average molecular weight is 401 g/mol. The van der Waals surface area contributed by atoms with E-state index in [1.807, 2.05) is 12.1 Å². The summed E-state index contributed by atoms with van der Waals surface area (Å²) >= 11 is 0. The smallest absolute Gasteiger partial charge is 0.250 e. The van der Waals surface area contributed by atoms with E-state index in [-0.39, 0.29) is 11.6 Å². The average Bonchev–Trinajstić information content (AvgIpc) is 2.77. The summed E-state index contributed by atoms with van der Waals surface area (Å²) in [6.45, 7) is 3.63. The highest BCUT2D eigenvalue weighted by Crippen LogP contribution is 2.32. The molecule has 0 radical (unpaired) electrons. The van der Waals surface area contributed by atoms with Crippen LogP contribution in [0.15, 0.2) is 24.4 Å². The van der Waals surface area contributed by atoms with Crippen molar-refractivity contribution in [1.82, 2.24) is 9.97 Å². The predicted molar refractivity (Wildman–Crippen MR) is 102 cm³/mol. The summed E-state index contributed by atoms with van der Waals surface area (Å²) in [6, 6.07) is 7.42. The molecule has 1 aliphatic heterocycles. The van der Waals surface area contributed by atoms with Gasteiger partial charge in [-0.05, 0) is 18.2 Å². The number of hydrogen-bond donors (Lipinski definition) is 0. The number of benzene rings is 1. The van der Waals surface area contributed by atoms with Crippen molar-refractivity contribution in [2.75, 3.05) is 60.0 Å². The van der Waals surface area contributed by atoms with Gasteiger partial charge in [0, 0.05) is 5.56 Å². The monoisotopic (exact) mass is 401 g/mol. The van der Waals surface area contributed by atoms with Crippen molar-refractivity contribution >= 4 is 0 Å². The van der Waals surface area contributed by atoms with Gasteiger partial charge in [-0.1, -0.05) is 0 Å². The van der Waals surface area contributed by atoms with E-state index in [4.69, 9.17) is 28.4 Å². The number of nitrogens with zero attached hydrogens (tertiary/aromatic N) is 3. The largest absolute Gasteiger partial charge is 0.487 e. The molecule has 1 aromatic carbocycles. The van der Waals surface area contributed by atoms with E-state index in [1.54, 1.807) is 18.3 Å². The van der Waals surface area contributed by atoms with E-state index in [1.165, 1.54) is 7.11 Å². The lowest BCUT2D eigenvalue weighted by molar-refractivity contribution is 0.00708. The Kier molecular flexibility index (Phi) is 8.01. The second kappa shape index (κ2) is 11.2. The third-order valence-electron chi connectivity index (χ3n) is 3.99. The Morgan fingerprint density at radius 1 is 0.897 bits per heavy atom. The van der Waals surface area contributed by atoms with E-state index in [2.05, 4.69) is 9.97 Å². The van der Waals surface area contributed by atoms with Gasteiger partial charge in [0.25, 0.3) is 5.88 Å². The van der Waals surface area contributed by atoms with Crippen molar-refractivity contribution in [2.45, 2.75) is 0 Å². The van der Waals surface area contributed by atoms with E-state index in [9.17, 15) is 5.26 Å². The van der Waals surface area contributed by atoms with E-state index < -0.39 is 0 Å². The first-order valence-corrected chi connectivity index (χ1v) is 9.26. The lowest BCUT2D eigenvalue weighted by atomic mass is 10.1. The van der Waals surface area contributed by atoms with Crippen LogP contribution < -0.4 is 14.2 Å². The molecule has 0 aliphatic carbocycles. The molecule has 0 bridgehead atoms. The molecule has 0 saturated carbocycles. The summed E-state index contributed by atoms with van der Waals surface area (Å²) in [5.74, 6) is 1.32. The van der Waals surface area contributed by atoms with E-state index in [0.717, 1.165) is 5.56 Å². The van der Waals surface area contributed by atoms with Gasteiger partial charge in [0.05, 0.1) is 58.6 Å². The van der Waals surface area contributed by atoms with E-state index >= 15 is 0 Å². The molecule has 1 aromatic heterocycles. The van der Waals surface area contributed by atoms with Crippen LogP contribution in [0.4, 0.5) is 0 Å². The van der Waals surface area contributed by atoms with Gasteiger partial charge in [-0.15, -0.1) is 0 Å². The summed E-state index contributed by atoms with van der Waals surface area (Å²) < 4.78 is 33.1. The summed E-state index contributed by atoms with van der Waals surface area (Å²) in [5.41, 5.74) is 1.38. The van der Waals surface area contributed by atoms with Gasteiger partial charge < -0.3 is 28.4 Å². The highest BCUT2D eigenvalue weighted by atomic mass is 16.6. The fourth-order valence-corrected chi connectivity index (χ4v) is 2.60. The van der Waals surface area contributed by atoms with Crippen molar-refractivity contribution in [3.05, 3.63) is 30.1 Å². The van der Waals surface area contributed by atoms with Crippen LogP contribution in [0.25, 0.3) is 11.3 Å². The number of ether oxygens (including phenoxy) is 6. The molecule has 154 valence electrons. The Balaban J connectivity index is 1.80. The van der Waals surface area contributed by atoms with Gasteiger partial charge in [-0.3, -0.25) is 0 Å². The van der Waals surface area contributed by atoms with Crippen molar-refractivity contribution < 1.29 is 28.4 Å². The van der Waals surface area contributed by atoms with Crippen LogP contribution in [0.3, 0.4) is 0 Å². The maximum atomic E-state index is 9.24. The maximum absolute atomic E-state index is 9.24. The maximum Gasteiger partial charge on any atom is 0.250 e. The van der Waals surface area contributed by atoms with Crippen LogP contribution in [0.1, 0.15) is 5.69 Å². The lowest BCUT2D eigenvalue weighted by Gasteiger charge is -2.14. The Hall–Kier alpha value is -2.93. The number of methoxy groups -OCH3 is 1. The number of aromatic nitrogens is 2. The summed E-state index contributed by atoms with van der Waals surface area (Å²) in [6.07, 6.45) is 1.55. The second-order valence-electron chi connectivity index (χ2n) is 5.92. The van der Waals surface area contributed by atoms with Crippen LogP contribution in [-0.2, 0) is 14.2 Å². The first-order chi connectivity index (χ1) is 14.3. The molecule has 0 spiro atoms. The molecule has 0 saturated heterocycles. The molecule has 0 unspecified atom stereocenters. The molecule has 1 aliphatic rings. The van der Waals surface area contributed by atoms with Gasteiger partial charge in [-0.2, -0.15) is 5.26 Å². The topological polar surface area (TPSA) is 105 Å². The Morgan fingerprint density at radius 3 is 2.14 bits per heavy atom. The molecule has 29 heavy (non-hydrogen) atoms. The highest BCUT2D eigenvalue weighted by Gasteiger charge is 2.13. The summed E-state index contributed by atoms with van der Waals surface area (Å²) in [7, 11) is 1.45. The molecule has 2 heterocycles. The molecule has 0 fully saturated rings. The van der Waals surface area contributed by atoms with Gasteiger partial charge in [-0.25, -0.2) is 9.97 Å². The lowest BCUT2D eigenvalue weighted by Crippen LogP contribution is -2.13. The molecule has 9 nitrogen and oxygen atoms in total. The molecule has 9 heteroatoms. The van der Waals surface area contributed by atoms with Gasteiger partial charge >= 0.3 is 0 Å². The summed E-state index contributed by atoms with van der Waals surface area (Å²) in [4.78, 5) is 8.45. The van der Waals surface area contributed by atoms with Crippen molar-refractivity contribution in [3.8, 4) is 34.7 Å². The predicted octanol–water partition coefficient (Wildman–Crippen LogP) is 1.84. The minimum absolute atomic E-state index is 0.117. The normalized spacial score (nSPS) is 16.1. The van der Waals surface area contributed by atoms with Crippen LogP contribution in [0.2, 0.25) is 0 Å². The first kappa shape index (κ1) is 20.8. The van der Waals surface area contributed by atoms with Crippen molar-refractivity contribution in [2.24, 2.45) is 0 Å². The zero-order valence-corrected chi connectivity index (χ0v) is 16.3. The zero-order chi connectivity index (χ0) is 20.3.